The molecule has 0 spiro atoms. The van der Waals surface area contributed by atoms with Gasteiger partial charge in [-0.3, -0.25) is 14.2 Å². The fourth-order valence-electron chi connectivity index (χ4n) is 2.59. The van der Waals surface area contributed by atoms with E-state index in [1.165, 1.54) is 17.1 Å². The van der Waals surface area contributed by atoms with Crippen LogP contribution in [0.5, 0.6) is 0 Å². The van der Waals surface area contributed by atoms with Gasteiger partial charge in [-0.15, -0.1) is 0 Å². The second-order valence-electron chi connectivity index (χ2n) is 5.89. The maximum absolute atomic E-state index is 12.5. The SMILES string of the molecule is Cc1noc(-c2cncn(CCC(=O)N3CCN(C)CC3)c2=O)n1. The summed E-state index contributed by atoms with van der Waals surface area (Å²) in [6, 6.07) is 0. The van der Waals surface area contributed by atoms with Crippen LogP contribution in [0.4, 0.5) is 0 Å². The van der Waals surface area contributed by atoms with E-state index in [9.17, 15) is 9.59 Å². The summed E-state index contributed by atoms with van der Waals surface area (Å²) in [5.41, 5.74) is -0.0510. The minimum Gasteiger partial charge on any atom is -0.340 e. The molecule has 0 aliphatic carbocycles. The summed E-state index contributed by atoms with van der Waals surface area (Å²) in [6.45, 7) is 5.15. The van der Waals surface area contributed by atoms with Crippen molar-refractivity contribution in [2.24, 2.45) is 0 Å². The van der Waals surface area contributed by atoms with Gasteiger partial charge >= 0.3 is 0 Å². The Hall–Kier alpha value is -2.55. The highest BCUT2D eigenvalue weighted by molar-refractivity contribution is 5.76. The van der Waals surface area contributed by atoms with Crippen molar-refractivity contribution in [1.82, 2.24) is 29.5 Å². The largest absolute Gasteiger partial charge is 0.340 e. The smallest absolute Gasteiger partial charge is 0.266 e. The average molecular weight is 332 g/mol. The van der Waals surface area contributed by atoms with Crippen LogP contribution < -0.4 is 5.56 Å². The number of amides is 1. The number of piperazine rings is 1. The fourth-order valence-corrected chi connectivity index (χ4v) is 2.59. The summed E-state index contributed by atoms with van der Waals surface area (Å²) in [4.78, 5) is 36.9. The van der Waals surface area contributed by atoms with E-state index in [-0.39, 0.29) is 35.9 Å². The topological polar surface area (TPSA) is 97.4 Å². The molecule has 9 heteroatoms. The Kier molecular flexibility index (Phi) is 4.70. The summed E-state index contributed by atoms with van der Waals surface area (Å²) < 4.78 is 6.43. The van der Waals surface area contributed by atoms with Crippen molar-refractivity contribution in [3.05, 3.63) is 28.7 Å². The standard InChI is InChI=1S/C15H20N6O3/c1-11-17-14(24-18-11)12-9-16-10-21(15(12)23)4-3-13(22)20-7-5-19(2)6-8-20/h9-10H,3-8H2,1-2H3. The molecule has 2 aromatic rings. The zero-order valence-electron chi connectivity index (χ0n) is 13.8. The van der Waals surface area contributed by atoms with Crippen LogP contribution >= 0.6 is 0 Å². The van der Waals surface area contributed by atoms with Crippen LogP contribution in [-0.2, 0) is 11.3 Å². The third-order valence-electron chi connectivity index (χ3n) is 4.08. The van der Waals surface area contributed by atoms with Crippen LogP contribution in [0, 0.1) is 6.92 Å². The zero-order chi connectivity index (χ0) is 17.1. The van der Waals surface area contributed by atoms with Crippen molar-refractivity contribution < 1.29 is 9.32 Å². The molecule has 24 heavy (non-hydrogen) atoms. The van der Waals surface area contributed by atoms with Gasteiger partial charge in [0.25, 0.3) is 11.4 Å². The van der Waals surface area contributed by atoms with Gasteiger partial charge in [0.15, 0.2) is 5.82 Å². The molecule has 0 aromatic carbocycles. The first kappa shape index (κ1) is 16.3. The van der Waals surface area contributed by atoms with E-state index in [0.29, 0.717) is 5.82 Å². The molecule has 128 valence electrons. The summed E-state index contributed by atoms with van der Waals surface area (Å²) in [5, 5.41) is 3.68. The lowest BCUT2D eigenvalue weighted by atomic mass is 10.2. The number of carbonyl (C=O) groups excluding carboxylic acids is 1. The van der Waals surface area contributed by atoms with Gasteiger partial charge in [-0.2, -0.15) is 4.98 Å². The quantitative estimate of drug-likeness (QED) is 0.762. The minimum absolute atomic E-state index is 0.0500. The Labute approximate surface area is 138 Å². The molecule has 1 saturated heterocycles. The number of aromatic nitrogens is 4. The summed E-state index contributed by atoms with van der Waals surface area (Å²) in [6.07, 6.45) is 3.08. The number of hydrogen-bond donors (Lipinski definition) is 0. The van der Waals surface area contributed by atoms with Crippen molar-refractivity contribution in [1.29, 1.82) is 0 Å². The van der Waals surface area contributed by atoms with E-state index in [0.717, 1.165) is 26.2 Å². The summed E-state index contributed by atoms with van der Waals surface area (Å²) >= 11 is 0. The van der Waals surface area contributed by atoms with Gasteiger partial charge in [0.1, 0.15) is 5.56 Å². The maximum atomic E-state index is 12.5. The molecule has 1 aliphatic heterocycles. The molecular weight excluding hydrogens is 312 g/mol. The third kappa shape index (κ3) is 3.51. The molecule has 3 rings (SSSR count). The molecule has 1 amide bonds. The molecule has 0 atom stereocenters. The molecule has 0 saturated carbocycles. The van der Waals surface area contributed by atoms with Crippen molar-refractivity contribution in [2.75, 3.05) is 33.2 Å². The van der Waals surface area contributed by atoms with Crippen LogP contribution in [0.1, 0.15) is 12.2 Å². The van der Waals surface area contributed by atoms with Gasteiger partial charge in [0, 0.05) is 45.3 Å². The normalized spacial score (nSPS) is 15.7. The van der Waals surface area contributed by atoms with E-state index in [4.69, 9.17) is 4.52 Å². The molecular formula is C15H20N6O3. The molecule has 1 fully saturated rings. The first-order valence-electron chi connectivity index (χ1n) is 7.86. The number of aryl methyl sites for hydroxylation is 2. The highest BCUT2D eigenvalue weighted by Gasteiger charge is 2.19. The van der Waals surface area contributed by atoms with Crippen molar-refractivity contribution in [3.8, 4) is 11.5 Å². The van der Waals surface area contributed by atoms with E-state index >= 15 is 0 Å². The van der Waals surface area contributed by atoms with Crippen LogP contribution in [0.3, 0.4) is 0 Å². The molecule has 3 heterocycles. The predicted octanol–water partition coefficient (Wildman–Crippen LogP) is -0.234. The predicted molar refractivity (Wildman–Crippen MR) is 85.2 cm³/mol. The number of carbonyl (C=O) groups is 1. The molecule has 1 aliphatic rings. The average Bonchev–Trinajstić information content (AvgIpc) is 3.00. The Balaban J connectivity index is 1.67. The number of hydrogen-bond acceptors (Lipinski definition) is 7. The number of rotatable bonds is 4. The Morgan fingerprint density at radius 3 is 2.71 bits per heavy atom. The van der Waals surface area contributed by atoms with E-state index in [1.54, 1.807) is 6.92 Å². The van der Waals surface area contributed by atoms with Crippen LogP contribution in [0.15, 0.2) is 21.8 Å². The highest BCUT2D eigenvalue weighted by atomic mass is 16.5. The lowest BCUT2D eigenvalue weighted by molar-refractivity contribution is -0.133. The van der Waals surface area contributed by atoms with Crippen LogP contribution in [0.25, 0.3) is 11.5 Å². The molecule has 9 nitrogen and oxygen atoms in total. The van der Waals surface area contributed by atoms with Crippen molar-refractivity contribution in [2.45, 2.75) is 19.9 Å². The monoisotopic (exact) mass is 332 g/mol. The first-order chi connectivity index (χ1) is 11.5. The van der Waals surface area contributed by atoms with Crippen LogP contribution in [0.2, 0.25) is 0 Å². The molecule has 0 N–H and O–H groups in total. The van der Waals surface area contributed by atoms with Gasteiger partial charge in [-0.1, -0.05) is 5.16 Å². The maximum Gasteiger partial charge on any atom is 0.266 e. The Morgan fingerprint density at radius 2 is 2.04 bits per heavy atom. The summed E-state index contributed by atoms with van der Waals surface area (Å²) in [5.74, 6) is 0.642. The van der Waals surface area contributed by atoms with Gasteiger partial charge in [0.2, 0.25) is 5.91 Å². The minimum atomic E-state index is -0.292. The number of nitrogens with zero attached hydrogens (tertiary/aromatic N) is 6. The lowest BCUT2D eigenvalue weighted by Gasteiger charge is -2.32. The molecule has 0 bridgehead atoms. The fraction of sp³-hybridized carbons (Fsp3) is 0.533. The molecule has 0 unspecified atom stereocenters. The van der Waals surface area contributed by atoms with E-state index < -0.39 is 0 Å². The van der Waals surface area contributed by atoms with Gasteiger partial charge < -0.3 is 14.3 Å². The highest BCUT2D eigenvalue weighted by Crippen LogP contribution is 2.11. The van der Waals surface area contributed by atoms with E-state index in [2.05, 4.69) is 20.0 Å². The Morgan fingerprint density at radius 1 is 1.29 bits per heavy atom. The van der Waals surface area contributed by atoms with Gasteiger partial charge in [-0.25, -0.2) is 4.98 Å². The first-order valence-corrected chi connectivity index (χ1v) is 7.86. The van der Waals surface area contributed by atoms with Crippen molar-refractivity contribution in [3.63, 3.8) is 0 Å². The Bertz CT molecular complexity index is 776. The third-order valence-corrected chi connectivity index (χ3v) is 4.08. The van der Waals surface area contributed by atoms with E-state index in [1.807, 2.05) is 11.9 Å². The van der Waals surface area contributed by atoms with Gasteiger partial charge in [-0.05, 0) is 14.0 Å². The lowest BCUT2D eigenvalue weighted by Crippen LogP contribution is -2.47. The number of likely N-dealkylation sites (N-methyl/N-ethyl adjacent to an activating group) is 1. The van der Waals surface area contributed by atoms with Gasteiger partial charge in [0.05, 0.1) is 6.33 Å². The molecule has 0 radical (unpaired) electrons. The van der Waals surface area contributed by atoms with Crippen LogP contribution in [-0.4, -0.2) is 68.6 Å². The summed E-state index contributed by atoms with van der Waals surface area (Å²) in [7, 11) is 2.04. The second-order valence-corrected chi connectivity index (χ2v) is 5.89. The zero-order valence-corrected chi connectivity index (χ0v) is 13.8. The molecule has 2 aromatic heterocycles. The van der Waals surface area contributed by atoms with Crippen molar-refractivity contribution >= 4 is 5.91 Å². The second kappa shape index (κ2) is 6.91.